The molecule has 7 nitrogen and oxygen atoms in total. The lowest BCUT2D eigenvalue weighted by Gasteiger charge is -2.35. The summed E-state index contributed by atoms with van der Waals surface area (Å²) in [6.45, 7) is 13.4. The van der Waals surface area contributed by atoms with Crippen molar-refractivity contribution in [3.8, 4) is 10.4 Å². The quantitative estimate of drug-likeness (QED) is 0.403. The van der Waals surface area contributed by atoms with E-state index < -0.39 is 5.60 Å². The molecule has 2 aromatic heterocycles. The Labute approximate surface area is 217 Å². The summed E-state index contributed by atoms with van der Waals surface area (Å²) in [5, 5.41) is 20.4. The molecular weight excluding hydrogens is 470 g/mol. The summed E-state index contributed by atoms with van der Waals surface area (Å²) in [5.41, 5.74) is 4.47. The smallest absolute Gasteiger partial charge is 0.266 e. The Hall–Kier alpha value is -2.81. The highest BCUT2D eigenvalue weighted by Gasteiger charge is 2.27. The number of rotatable bonds is 7. The molecule has 1 aromatic carbocycles. The lowest BCUT2D eigenvalue weighted by molar-refractivity contribution is 0.0807. The van der Waals surface area contributed by atoms with E-state index in [4.69, 9.17) is 4.99 Å². The number of nitrogens with zero attached hydrogens (tertiary/aromatic N) is 3. The standard InChI is InChI=1S/C28H37N5O2S/c1-17(27(2,3)4)33(7)16-18-10-19(13-28(5,6)35)21-12-25(31-22(21)11-18)32-26(34)24-9-8-23(36-24)20-14-29-30-15-20/h8-11,14-15,17,35H,12-13,16H2,1-7H3,(H,29,30)(H,31,32,34). The van der Waals surface area contributed by atoms with Crippen LogP contribution in [0.5, 0.6) is 0 Å². The first kappa shape index (κ1) is 26.3. The highest BCUT2D eigenvalue weighted by molar-refractivity contribution is 7.17. The predicted octanol–water partition coefficient (Wildman–Crippen LogP) is 5.33. The number of thiophene rings is 1. The number of nitrogens with one attached hydrogen (secondary N) is 2. The zero-order chi connectivity index (χ0) is 26.3. The summed E-state index contributed by atoms with van der Waals surface area (Å²) in [7, 11) is 2.15. The van der Waals surface area contributed by atoms with Crippen molar-refractivity contribution in [1.29, 1.82) is 0 Å². The highest BCUT2D eigenvalue weighted by Crippen LogP contribution is 2.34. The van der Waals surface area contributed by atoms with Gasteiger partial charge < -0.3 is 10.4 Å². The molecule has 3 aromatic rings. The predicted molar refractivity (Wildman–Crippen MR) is 147 cm³/mol. The fourth-order valence-corrected chi connectivity index (χ4v) is 5.38. The van der Waals surface area contributed by atoms with Crippen LogP contribution >= 0.6 is 11.3 Å². The van der Waals surface area contributed by atoms with E-state index in [9.17, 15) is 9.90 Å². The molecule has 1 aliphatic heterocycles. The van der Waals surface area contributed by atoms with Gasteiger partial charge in [-0.25, -0.2) is 4.99 Å². The van der Waals surface area contributed by atoms with Gasteiger partial charge in [-0.15, -0.1) is 11.3 Å². The van der Waals surface area contributed by atoms with Gasteiger partial charge >= 0.3 is 0 Å². The number of aliphatic imine (C=N–C) groups is 1. The van der Waals surface area contributed by atoms with Crippen LogP contribution in [0.1, 0.15) is 67.9 Å². The van der Waals surface area contributed by atoms with Crippen LogP contribution in [0.15, 0.2) is 41.7 Å². The fourth-order valence-electron chi connectivity index (χ4n) is 4.50. The van der Waals surface area contributed by atoms with Crippen LogP contribution in [0.2, 0.25) is 0 Å². The van der Waals surface area contributed by atoms with Gasteiger partial charge in [-0.3, -0.25) is 14.8 Å². The summed E-state index contributed by atoms with van der Waals surface area (Å²) in [5.74, 6) is 0.475. The molecule has 0 radical (unpaired) electrons. The molecule has 1 atom stereocenters. The van der Waals surface area contributed by atoms with Crippen molar-refractivity contribution in [2.45, 2.75) is 72.6 Å². The van der Waals surface area contributed by atoms with Gasteiger partial charge in [0.25, 0.3) is 5.91 Å². The van der Waals surface area contributed by atoms with Crippen LogP contribution in [-0.2, 0) is 19.4 Å². The number of aliphatic hydroxyl groups is 1. The molecule has 3 N–H and O–H groups in total. The van der Waals surface area contributed by atoms with Crippen LogP contribution in [0, 0.1) is 5.41 Å². The zero-order valence-corrected chi connectivity index (χ0v) is 23.1. The van der Waals surface area contributed by atoms with Gasteiger partial charge in [-0.2, -0.15) is 5.10 Å². The maximum Gasteiger partial charge on any atom is 0.266 e. The molecular formula is C28H37N5O2S. The third kappa shape index (κ3) is 6.11. The summed E-state index contributed by atoms with van der Waals surface area (Å²) in [6, 6.07) is 8.46. The lowest BCUT2D eigenvalue weighted by atomic mass is 9.86. The van der Waals surface area contributed by atoms with E-state index in [1.54, 1.807) is 6.20 Å². The number of benzene rings is 1. The second-order valence-electron chi connectivity index (χ2n) is 11.5. The topological polar surface area (TPSA) is 93.6 Å². The number of hydrogen-bond acceptors (Lipinski definition) is 6. The molecule has 0 saturated heterocycles. The van der Waals surface area contributed by atoms with Gasteiger partial charge in [0, 0.05) is 42.1 Å². The van der Waals surface area contributed by atoms with Crippen molar-refractivity contribution < 1.29 is 9.90 Å². The number of hydrogen-bond donors (Lipinski definition) is 3. The molecule has 8 heteroatoms. The van der Waals surface area contributed by atoms with E-state index in [-0.39, 0.29) is 11.3 Å². The molecule has 1 aliphatic rings. The number of aromatic amines is 1. The number of carbonyl (C=O) groups excluding carboxylic acids is 1. The molecule has 0 saturated carbocycles. The van der Waals surface area contributed by atoms with E-state index in [1.165, 1.54) is 11.3 Å². The highest BCUT2D eigenvalue weighted by atomic mass is 32.1. The lowest BCUT2D eigenvalue weighted by Crippen LogP contribution is -2.38. The molecule has 1 unspecified atom stereocenters. The maximum absolute atomic E-state index is 13.0. The summed E-state index contributed by atoms with van der Waals surface area (Å²) >= 11 is 1.43. The largest absolute Gasteiger partial charge is 0.390 e. The SMILES string of the molecule is CC(N(C)Cc1cc(CC(C)(C)O)c2c(c1)N=C(NC(=O)c1ccc(-c3cn[nH]c3)s1)C2)C(C)(C)C. The Morgan fingerprint density at radius 1 is 1.25 bits per heavy atom. The van der Waals surface area contributed by atoms with Crippen molar-refractivity contribution in [1.82, 2.24) is 20.4 Å². The van der Waals surface area contributed by atoms with E-state index in [0.717, 1.165) is 39.4 Å². The molecule has 1 amide bonds. The number of aromatic nitrogens is 2. The summed E-state index contributed by atoms with van der Waals surface area (Å²) < 4.78 is 0. The average Bonchev–Trinajstić information content (AvgIpc) is 3.51. The Morgan fingerprint density at radius 3 is 2.64 bits per heavy atom. The second-order valence-corrected chi connectivity index (χ2v) is 12.6. The number of amidine groups is 1. The minimum absolute atomic E-state index is 0.163. The molecule has 0 bridgehead atoms. The van der Waals surface area contributed by atoms with Crippen molar-refractivity contribution >= 4 is 28.8 Å². The van der Waals surface area contributed by atoms with Crippen LogP contribution in [0.3, 0.4) is 0 Å². The molecule has 0 aliphatic carbocycles. The van der Waals surface area contributed by atoms with E-state index in [0.29, 0.717) is 29.6 Å². The maximum atomic E-state index is 13.0. The minimum Gasteiger partial charge on any atom is -0.390 e. The molecule has 4 rings (SSSR count). The summed E-state index contributed by atoms with van der Waals surface area (Å²) in [6.07, 6.45) is 4.62. The van der Waals surface area contributed by atoms with Crippen LogP contribution in [0.25, 0.3) is 10.4 Å². The van der Waals surface area contributed by atoms with Crippen LogP contribution < -0.4 is 5.32 Å². The van der Waals surface area contributed by atoms with Gasteiger partial charge in [0.15, 0.2) is 0 Å². The minimum atomic E-state index is -0.844. The third-order valence-corrected chi connectivity index (χ3v) is 7.95. The number of carbonyl (C=O) groups is 1. The van der Waals surface area contributed by atoms with Gasteiger partial charge in [0.05, 0.1) is 22.4 Å². The van der Waals surface area contributed by atoms with E-state index >= 15 is 0 Å². The number of H-pyrrole nitrogens is 1. The molecule has 36 heavy (non-hydrogen) atoms. The number of amides is 1. The Balaban J connectivity index is 1.55. The Kier molecular flexibility index (Phi) is 7.23. The van der Waals surface area contributed by atoms with Gasteiger partial charge in [-0.1, -0.05) is 26.8 Å². The monoisotopic (exact) mass is 507 g/mol. The van der Waals surface area contributed by atoms with Crippen molar-refractivity contribution in [3.05, 3.63) is 58.2 Å². The average molecular weight is 508 g/mol. The molecule has 192 valence electrons. The third-order valence-electron chi connectivity index (χ3n) is 6.82. The van der Waals surface area contributed by atoms with Crippen molar-refractivity contribution in [2.24, 2.45) is 10.4 Å². The first-order chi connectivity index (χ1) is 16.8. The first-order valence-corrected chi connectivity index (χ1v) is 13.2. The van der Waals surface area contributed by atoms with Crippen molar-refractivity contribution in [3.63, 3.8) is 0 Å². The van der Waals surface area contributed by atoms with E-state index in [2.05, 4.69) is 67.3 Å². The normalized spacial score (nSPS) is 14.6. The van der Waals surface area contributed by atoms with Gasteiger partial charge in [-0.05, 0) is 68.1 Å². The van der Waals surface area contributed by atoms with Crippen molar-refractivity contribution in [2.75, 3.05) is 7.05 Å². The number of fused-ring (bicyclic) bond motifs is 1. The first-order valence-electron chi connectivity index (χ1n) is 12.4. The Morgan fingerprint density at radius 2 is 2.00 bits per heavy atom. The second kappa shape index (κ2) is 9.92. The van der Waals surface area contributed by atoms with Crippen LogP contribution in [-0.4, -0.2) is 50.6 Å². The zero-order valence-electron chi connectivity index (χ0n) is 22.3. The summed E-state index contributed by atoms with van der Waals surface area (Å²) in [4.78, 5) is 21.7. The molecule has 0 fully saturated rings. The van der Waals surface area contributed by atoms with Crippen LogP contribution in [0.4, 0.5) is 5.69 Å². The Bertz CT molecular complexity index is 1260. The van der Waals surface area contributed by atoms with E-state index in [1.807, 2.05) is 32.2 Å². The van der Waals surface area contributed by atoms with Gasteiger partial charge in [0.1, 0.15) is 5.84 Å². The molecule has 3 heterocycles. The van der Waals surface area contributed by atoms with Gasteiger partial charge in [0.2, 0.25) is 0 Å². The fraction of sp³-hybridized carbons (Fsp3) is 0.464. The molecule has 0 spiro atoms.